The van der Waals surface area contributed by atoms with Crippen molar-refractivity contribution in [1.29, 1.82) is 0 Å². The topological polar surface area (TPSA) is 70.7 Å². The van der Waals surface area contributed by atoms with Gasteiger partial charge in [0.2, 0.25) is 10.1 Å². The van der Waals surface area contributed by atoms with Gasteiger partial charge >= 0.3 is 5.97 Å². The minimum atomic E-state index is -0.836. The minimum Gasteiger partial charge on any atom is -0.481 e. The smallest absolute Gasteiger partial charge is 0.308 e. The molecule has 23 heavy (non-hydrogen) atoms. The highest BCUT2D eigenvalue weighted by molar-refractivity contribution is 7.20. The van der Waals surface area contributed by atoms with Gasteiger partial charge in [0.25, 0.3) is 0 Å². The van der Waals surface area contributed by atoms with Crippen LogP contribution in [0.4, 0.5) is 9.52 Å². The zero-order valence-electron chi connectivity index (χ0n) is 12.6. The summed E-state index contributed by atoms with van der Waals surface area (Å²) in [5.74, 6) is -1.60. The molecule has 0 bridgehead atoms. The molecule has 0 saturated carbocycles. The van der Waals surface area contributed by atoms with Crippen molar-refractivity contribution in [3.63, 3.8) is 0 Å². The SMILES string of the molecule is CC(CN(C)c1nn2cc(-c3ccc(F)cc3)nc2s1)C(=O)O. The molecule has 1 unspecified atom stereocenters. The fourth-order valence-corrected chi connectivity index (χ4v) is 3.02. The van der Waals surface area contributed by atoms with Gasteiger partial charge < -0.3 is 10.0 Å². The van der Waals surface area contributed by atoms with Gasteiger partial charge in [-0.15, -0.1) is 5.10 Å². The molecule has 0 fully saturated rings. The molecule has 0 aliphatic carbocycles. The highest BCUT2D eigenvalue weighted by Gasteiger charge is 2.17. The van der Waals surface area contributed by atoms with E-state index in [9.17, 15) is 9.18 Å². The van der Waals surface area contributed by atoms with Crippen molar-refractivity contribution in [2.24, 2.45) is 5.92 Å². The lowest BCUT2D eigenvalue weighted by Gasteiger charge is -2.17. The standard InChI is InChI=1S/C15H15FN4O2S/c1-9(13(21)22)7-19(2)15-18-20-8-12(17-14(20)23-15)10-3-5-11(16)6-4-10/h3-6,8-9H,7H2,1-2H3,(H,21,22). The minimum absolute atomic E-state index is 0.288. The lowest BCUT2D eigenvalue weighted by Crippen LogP contribution is -2.28. The molecule has 0 saturated heterocycles. The first-order chi connectivity index (χ1) is 10.9. The number of carboxylic acids is 1. The Labute approximate surface area is 135 Å². The third kappa shape index (κ3) is 3.16. The molecule has 3 aromatic rings. The number of fused-ring (bicyclic) bond motifs is 1. The van der Waals surface area contributed by atoms with Crippen LogP contribution in [0.15, 0.2) is 30.5 Å². The van der Waals surface area contributed by atoms with Gasteiger partial charge in [-0.25, -0.2) is 13.9 Å². The highest BCUT2D eigenvalue weighted by atomic mass is 32.1. The maximum atomic E-state index is 13.0. The van der Waals surface area contributed by atoms with E-state index >= 15 is 0 Å². The van der Waals surface area contributed by atoms with Gasteiger partial charge in [-0.1, -0.05) is 18.3 Å². The van der Waals surface area contributed by atoms with Gasteiger partial charge in [0.05, 0.1) is 17.8 Å². The van der Waals surface area contributed by atoms with Crippen LogP contribution in [-0.2, 0) is 4.79 Å². The van der Waals surface area contributed by atoms with Crippen LogP contribution in [0, 0.1) is 11.7 Å². The summed E-state index contributed by atoms with van der Waals surface area (Å²) >= 11 is 1.38. The van der Waals surface area contributed by atoms with Crippen LogP contribution in [0.2, 0.25) is 0 Å². The van der Waals surface area contributed by atoms with Crippen molar-refractivity contribution >= 4 is 27.4 Å². The Morgan fingerprint density at radius 1 is 1.43 bits per heavy atom. The number of rotatable bonds is 5. The molecule has 1 N–H and O–H groups in total. The Hall–Kier alpha value is -2.48. The number of carbonyl (C=O) groups is 1. The lowest BCUT2D eigenvalue weighted by atomic mass is 10.2. The molecule has 8 heteroatoms. The van der Waals surface area contributed by atoms with E-state index in [-0.39, 0.29) is 5.82 Å². The number of benzene rings is 1. The fraction of sp³-hybridized carbons (Fsp3) is 0.267. The Balaban J connectivity index is 1.83. The maximum Gasteiger partial charge on any atom is 0.308 e. The number of halogens is 1. The molecule has 0 aliphatic rings. The van der Waals surface area contributed by atoms with E-state index in [2.05, 4.69) is 10.1 Å². The number of aromatic nitrogens is 3. The summed E-state index contributed by atoms with van der Waals surface area (Å²) in [4.78, 5) is 17.9. The Morgan fingerprint density at radius 3 is 2.74 bits per heavy atom. The van der Waals surface area contributed by atoms with E-state index in [0.29, 0.717) is 16.6 Å². The Bertz CT molecular complexity index is 811. The predicted octanol–water partition coefficient (Wildman–Crippen LogP) is 2.75. The zero-order valence-corrected chi connectivity index (χ0v) is 13.4. The fourth-order valence-electron chi connectivity index (χ4n) is 2.17. The molecule has 120 valence electrons. The number of imidazole rings is 1. The van der Waals surface area contributed by atoms with Crippen LogP contribution >= 0.6 is 11.3 Å². The molecule has 1 atom stereocenters. The summed E-state index contributed by atoms with van der Waals surface area (Å²) in [5, 5.41) is 14.1. The van der Waals surface area contributed by atoms with Crippen LogP contribution in [0.3, 0.4) is 0 Å². The number of carboxylic acid groups (broad SMARTS) is 1. The number of nitrogens with zero attached hydrogens (tertiary/aromatic N) is 4. The molecule has 2 aromatic heterocycles. The number of hydrogen-bond donors (Lipinski definition) is 1. The molecule has 0 spiro atoms. The first kappa shape index (κ1) is 15.4. The van der Waals surface area contributed by atoms with E-state index in [1.165, 1.54) is 23.5 Å². The van der Waals surface area contributed by atoms with E-state index in [1.54, 1.807) is 41.7 Å². The van der Waals surface area contributed by atoms with Gasteiger partial charge in [0, 0.05) is 19.2 Å². The second-order valence-electron chi connectivity index (χ2n) is 5.36. The largest absolute Gasteiger partial charge is 0.481 e. The molecule has 6 nitrogen and oxygen atoms in total. The lowest BCUT2D eigenvalue weighted by molar-refractivity contribution is -0.140. The molecule has 0 aliphatic heterocycles. The molecule has 1 aromatic carbocycles. The van der Waals surface area contributed by atoms with Crippen LogP contribution in [0.5, 0.6) is 0 Å². The normalized spacial score (nSPS) is 12.5. The molecule has 3 rings (SSSR count). The second-order valence-corrected chi connectivity index (χ2v) is 6.30. The average molecular weight is 334 g/mol. The molecule has 0 radical (unpaired) electrons. The van der Waals surface area contributed by atoms with Crippen molar-refractivity contribution in [2.75, 3.05) is 18.5 Å². The average Bonchev–Trinajstić information content (AvgIpc) is 3.06. The van der Waals surface area contributed by atoms with Crippen LogP contribution < -0.4 is 4.90 Å². The van der Waals surface area contributed by atoms with Crippen LogP contribution in [0.1, 0.15) is 6.92 Å². The summed E-state index contributed by atoms with van der Waals surface area (Å²) in [6.07, 6.45) is 1.77. The third-order valence-electron chi connectivity index (χ3n) is 3.47. The number of hydrogen-bond acceptors (Lipinski definition) is 5. The van der Waals surface area contributed by atoms with Crippen molar-refractivity contribution in [3.05, 3.63) is 36.3 Å². The molecular weight excluding hydrogens is 319 g/mol. The van der Waals surface area contributed by atoms with Gasteiger partial charge in [0.15, 0.2) is 0 Å². The monoisotopic (exact) mass is 334 g/mol. The van der Waals surface area contributed by atoms with Crippen LogP contribution in [0.25, 0.3) is 16.2 Å². The van der Waals surface area contributed by atoms with Gasteiger partial charge in [-0.05, 0) is 24.3 Å². The third-order valence-corrected chi connectivity index (χ3v) is 4.51. The summed E-state index contributed by atoms with van der Waals surface area (Å²) in [6.45, 7) is 2.03. The van der Waals surface area contributed by atoms with Gasteiger partial charge in [-0.3, -0.25) is 4.79 Å². The predicted molar refractivity (Wildman–Crippen MR) is 86.3 cm³/mol. The van der Waals surface area contributed by atoms with E-state index in [0.717, 1.165) is 11.3 Å². The summed E-state index contributed by atoms with van der Waals surface area (Å²) in [5.41, 5.74) is 1.54. The zero-order chi connectivity index (χ0) is 16.6. The first-order valence-electron chi connectivity index (χ1n) is 7.00. The van der Waals surface area contributed by atoms with E-state index in [4.69, 9.17) is 5.11 Å². The van der Waals surface area contributed by atoms with Crippen molar-refractivity contribution in [1.82, 2.24) is 14.6 Å². The highest BCUT2D eigenvalue weighted by Crippen LogP contribution is 2.26. The van der Waals surface area contributed by atoms with Crippen molar-refractivity contribution < 1.29 is 14.3 Å². The van der Waals surface area contributed by atoms with Crippen LogP contribution in [-0.4, -0.2) is 39.3 Å². The van der Waals surface area contributed by atoms with Crippen molar-refractivity contribution in [2.45, 2.75) is 6.92 Å². The first-order valence-corrected chi connectivity index (χ1v) is 7.82. The Kier molecular flexibility index (Phi) is 3.99. The molecule has 0 amide bonds. The maximum absolute atomic E-state index is 13.0. The van der Waals surface area contributed by atoms with Crippen molar-refractivity contribution in [3.8, 4) is 11.3 Å². The summed E-state index contributed by atoms with van der Waals surface area (Å²) in [6, 6.07) is 6.12. The van der Waals surface area contributed by atoms with Gasteiger partial charge in [-0.2, -0.15) is 0 Å². The van der Waals surface area contributed by atoms with Gasteiger partial charge in [0.1, 0.15) is 5.82 Å². The van der Waals surface area contributed by atoms with E-state index in [1.807, 2.05) is 0 Å². The number of aliphatic carboxylic acids is 1. The molecular formula is C15H15FN4O2S. The summed E-state index contributed by atoms with van der Waals surface area (Å²) < 4.78 is 14.6. The molecule has 2 heterocycles. The summed E-state index contributed by atoms with van der Waals surface area (Å²) in [7, 11) is 1.80. The Morgan fingerprint density at radius 2 is 2.13 bits per heavy atom. The second kappa shape index (κ2) is 5.96. The number of anilines is 1. The quantitative estimate of drug-likeness (QED) is 0.777. The van der Waals surface area contributed by atoms with E-state index < -0.39 is 11.9 Å².